The van der Waals surface area contributed by atoms with Crippen LogP contribution in [-0.4, -0.2) is 19.5 Å². The van der Waals surface area contributed by atoms with Crippen molar-refractivity contribution in [3.63, 3.8) is 0 Å². The van der Waals surface area contributed by atoms with E-state index in [1.807, 2.05) is 43.0 Å². The molecule has 4 aromatic rings. The van der Waals surface area contributed by atoms with Crippen LogP contribution in [0.25, 0.3) is 21.9 Å². The smallest absolute Gasteiger partial charge is 0.120 e. The largest absolute Gasteiger partial charge is 0.489 e. The van der Waals surface area contributed by atoms with Gasteiger partial charge in [0.15, 0.2) is 0 Å². The van der Waals surface area contributed by atoms with Crippen molar-refractivity contribution >= 4 is 21.9 Å². The van der Waals surface area contributed by atoms with Crippen LogP contribution >= 0.6 is 0 Å². The molecule has 5 heteroatoms. The van der Waals surface area contributed by atoms with Gasteiger partial charge in [-0.1, -0.05) is 13.0 Å². The molecule has 3 aromatic heterocycles. The van der Waals surface area contributed by atoms with Gasteiger partial charge in [-0.25, -0.2) is 4.98 Å². The van der Waals surface area contributed by atoms with Gasteiger partial charge in [0.2, 0.25) is 0 Å². The Bertz CT molecular complexity index is 979. The Hall–Kier alpha value is -2.95. The summed E-state index contributed by atoms with van der Waals surface area (Å²) < 4.78 is 8.11. The van der Waals surface area contributed by atoms with Crippen molar-refractivity contribution in [3.8, 4) is 5.75 Å². The molecule has 0 unspecified atom stereocenters. The summed E-state index contributed by atoms with van der Waals surface area (Å²) in [5.41, 5.74) is 4.04. The monoisotopic (exact) mass is 318 g/mol. The summed E-state index contributed by atoms with van der Waals surface area (Å²) in [6, 6.07) is 9.92. The number of nitrogens with zero attached hydrogens (tertiary/aromatic N) is 4. The zero-order valence-corrected chi connectivity index (χ0v) is 13.5. The predicted octanol–water partition coefficient (Wildman–Crippen LogP) is 3.97. The molecule has 0 bridgehead atoms. The van der Waals surface area contributed by atoms with Gasteiger partial charge in [-0.15, -0.1) is 0 Å². The highest BCUT2D eigenvalue weighted by atomic mass is 16.5. The molecule has 0 fully saturated rings. The normalized spacial score (nSPS) is 11.2. The van der Waals surface area contributed by atoms with Crippen LogP contribution in [0.15, 0.2) is 55.2 Å². The fourth-order valence-electron chi connectivity index (χ4n) is 2.88. The average molecular weight is 318 g/mol. The molecule has 5 nitrogen and oxygen atoms in total. The maximum atomic E-state index is 5.93. The molecular weight excluding hydrogens is 300 g/mol. The molecule has 0 aliphatic carbocycles. The molecule has 0 N–H and O–H groups in total. The van der Waals surface area contributed by atoms with Crippen molar-refractivity contribution in [2.24, 2.45) is 0 Å². The first-order chi connectivity index (χ1) is 11.8. The van der Waals surface area contributed by atoms with Gasteiger partial charge < -0.3 is 9.30 Å². The first-order valence-electron chi connectivity index (χ1n) is 8.10. The van der Waals surface area contributed by atoms with Crippen LogP contribution in [0.5, 0.6) is 5.75 Å². The Balaban J connectivity index is 1.73. The fraction of sp³-hybridized carbons (Fsp3) is 0.211. The van der Waals surface area contributed by atoms with Gasteiger partial charge in [0.1, 0.15) is 17.9 Å². The Morgan fingerprint density at radius 3 is 2.88 bits per heavy atom. The quantitative estimate of drug-likeness (QED) is 0.559. The molecule has 3 heterocycles. The number of fused-ring (bicyclic) bond motifs is 3. The lowest BCUT2D eigenvalue weighted by Crippen LogP contribution is -1.97. The number of ether oxygens (including phenoxy) is 1. The first kappa shape index (κ1) is 14.6. The molecular formula is C19H18N4O. The molecule has 0 aliphatic rings. The molecule has 24 heavy (non-hydrogen) atoms. The van der Waals surface area contributed by atoms with E-state index in [4.69, 9.17) is 4.74 Å². The van der Waals surface area contributed by atoms with Crippen LogP contribution in [0.4, 0.5) is 0 Å². The molecule has 0 aliphatic heterocycles. The summed E-state index contributed by atoms with van der Waals surface area (Å²) >= 11 is 0. The highest BCUT2D eigenvalue weighted by Crippen LogP contribution is 2.27. The minimum atomic E-state index is 0.497. The van der Waals surface area contributed by atoms with E-state index in [1.54, 1.807) is 6.20 Å². The number of aromatic nitrogens is 4. The second-order valence-electron chi connectivity index (χ2n) is 5.76. The second-order valence-corrected chi connectivity index (χ2v) is 5.76. The van der Waals surface area contributed by atoms with Crippen LogP contribution in [0.3, 0.4) is 0 Å². The first-order valence-corrected chi connectivity index (χ1v) is 8.10. The SMILES string of the molecule is CCCn1cnc2cnc3ccc(OCc4cccnc4)cc3c21. The minimum absolute atomic E-state index is 0.497. The van der Waals surface area contributed by atoms with Crippen molar-refractivity contribution in [2.75, 3.05) is 0 Å². The van der Waals surface area contributed by atoms with E-state index < -0.39 is 0 Å². The molecule has 0 saturated carbocycles. The summed E-state index contributed by atoms with van der Waals surface area (Å²) in [7, 11) is 0. The highest BCUT2D eigenvalue weighted by Gasteiger charge is 2.09. The van der Waals surface area contributed by atoms with Crippen molar-refractivity contribution in [2.45, 2.75) is 26.5 Å². The van der Waals surface area contributed by atoms with Crippen LogP contribution < -0.4 is 4.74 Å². The number of benzene rings is 1. The summed E-state index contributed by atoms with van der Waals surface area (Å²) in [5, 5.41) is 1.07. The van der Waals surface area contributed by atoms with Gasteiger partial charge >= 0.3 is 0 Å². The third-order valence-electron chi connectivity index (χ3n) is 4.01. The summed E-state index contributed by atoms with van der Waals surface area (Å²) in [6.07, 6.45) is 8.36. The fourth-order valence-corrected chi connectivity index (χ4v) is 2.88. The number of hydrogen-bond donors (Lipinski definition) is 0. The zero-order valence-electron chi connectivity index (χ0n) is 13.5. The van der Waals surface area contributed by atoms with E-state index in [1.165, 1.54) is 0 Å². The van der Waals surface area contributed by atoms with E-state index in [2.05, 4.69) is 32.5 Å². The van der Waals surface area contributed by atoms with Crippen molar-refractivity contribution < 1.29 is 4.74 Å². The van der Waals surface area contributed by atoms with Crippen LogP contribution in [0, 0.1) is 0 Å². The van der Waals surface area contributed by atoms with E-state index in [9.17, 15) is 0 Å². The molecule has 0 amide bonds. The molecule has 0 atom stereocenters. The van der Waals surface area contributed by atoms with E-state index in [-0.39, 0.29) is 0 Å². The Labute approximate surface area is 140 Å². The predicted molar refractivity (Wildman–Crippen MR) is 93.9 cm³/mol. The van der Waals surface area contributed by atoms with Crippen molar-refractivity contribution in [1.29, 1.82) is 0 Å². The Morgan fingerprint density at radius 1 is 1.08 bits per heavy atom. The maximum absolute atomic E-state index is 5.93. The lowest BCUT2D eigenvalue weighted by Gasteiger charge is -2.09. The molecule has 0 spiro atoms. The second kappa shape index (κ2) is 6.28. The van der Waals surface area contributed by atoms with Gasteiger partial charge in [0.05, 0.1) is 23.6 Å². The highest BCUT2D eigenvalue weighted by molar-refractivity contribution is 6.02. The standard InChI is InChI=1S/C19H18N4O/c1-2-8-23-13-22-18-11-21-17-6-5-15(9-16(17)19(18)23)24-12-14-4-3-7-20-10-14/h3-7,9-11,13H,2,8,12H2,1H3. The average Bonchev–Trinajstić information content (AvgIpc) is 3.04. The minimum Gasteiger partial charge on any atom is -0.489 e. The van der Waals surface area contributed by atoms with Gasteiger partial charge in [-0.2, -0.15) is 0 Å². The van der Waals surface area contributed by atoms with Crippen LogP contribution in [0.1, 0.15) is 18.9 Å². The molecule has 120 valence electrons. The van der Waals surface area contributed by atoms with Crippen molar-refractivity contribution in [3.05, 3.63) is 60.8 Å². The Morgan fingerprint density at radius 2 is 2.04 bits per heavy atom. The van der Waals surface area contributed by atoms with E-state index in [0.29, 0.717) is 6.61 Å². The number of imidazole rings is 1. The number of pyridine rings is 2. The van der Waals surface area contributed by atoms with Crippen LogP contribution in [-0.2, 0) is 13.2 Å². The van der Waals surface area contributed by atoms with Crippen LogP contribution in [0.2, 0.25) is 0 Å². The Kier molecular flexibility index (Phi) is 3.83. The number of hydrogen-bond acceptors (Lipinski definition) is 4. The molecule has 0 saturated heterocycles. The van der Waals surface area contributed by atoms with Crippen molar-refractivity contribution in [1.82, 2.24) is 19.5 Å². The number of rotatable bonds is 5. The summed E-state index contributed by atoms with van der Waals surface area (Å²) in [4.78, 5) is 13.1. The number of aryl methyl sites for hydroxylation is 1. The molecule has 4 rings (SSSR count). The third-order valence-corrected chi connectivity index (χ3v) is 4.01. The summed E-state index contributed by atoms with van der Waals surface area (Å²) in [5.74, 6) is 0.824. The maximum Gasteiger partial charge on any atom is 0.120 e. The summed E-state index contributed by atoms with van der Waals surface area (Å²) in [6.45, 7) is 3.60. The zero-order chi connectivity index (χ0) is 16.4. The van der Waals surface area contributed by atoms with E-state index in [0.717, 1.165) is 46.2 Å². The topological polar surface area (TPSA) is 52.8 Å². The molecule has 0 radical (unpaired) electrons. The van der Waals surface area contributed by atoms with E-state index >= 15 is 0 Å². The third kappa shape index (κ3) is 2.69. The lowest BCUT2D eigenvalue weighted by atomic mass is 10.2. The lowest BCUT2D eigenvalue weighted by molar-refractivity contribution is 0.306. The van der Waals surface area contributed by atoms with Gasteiger partial charge in [0.25, 0.3) is 0 Å². The van der Waals surface area contributed by atoms with Gasteiger partial charge in [-0.05, 0) is 30.7 Å². The van der Waals surface area contributed by atoms with Gasteiger partial charge in [0, 0.05) is 29.9 Å². The molecule has 1 aromatic carbocycles. The van der Waals surface area contributed by atoms with Gasteiger partial charge in [-0.3, -0.25) is 9.97 Å².